The average Bonchev–Trinajstić information content (AvgIpc) is 2.99. The second-order valence-electron chi connectivity index (χ2n) is 5.26. The Kier molecular flexibility index (Phi) is 4.34. The van der Waals surface area contributed by atoms with Gasteiger partial charge in [-0.25, -0.2) is 4.79 Å². The predicted octanol–water partition coefficient (Wildman–Crippen LogP) is 3.12. The fourth-order valence-corrected chi connectivity index (χ4v) is 2.63. The zero-order chi connectivity index (χ0) is 16.2. The predicted molar refractivity (Wildman–Crippen MR) is 85.6 cm³/mol. The molecule has 0 radical (unpaired) electrons. The molecule has 2 aromatic carbocycles. The van der Waals surface area contributed by atoms with Crippen molar-refractivity contribution in [1.29, 1.82) is 0 Å². The van der Waals surface area contributed by atoms with E-state index in [1.54, 1.807) is 18.1 Å². The number of anilines is 1. The second-order valence-corrected chi connectivity index (χ2v) is 5.26. The van der Waals surface area contributed by atoms with Crippen LogP contribution >= 0.6 is 0 Å². The summed E-state index contributed by atoms with van der Waals surface area (Å²) in [5.41, 5.74) is 5.53. The molecule has 2 N–H and O–H groups in total. The highest BCUT2D eigenvalue weighted by atomic mass is 16.6. The number of cyclic esters (lactones) is 1. The number of ether oxygens (including phenoxy) is 2. The standard InChI is InChI=1S/C17H18N2O4/c1-22-16-6-5-12(11-19-7-8-23-17(19)20)9-15(16)13-3-2-4-14(10-13)18-21/h2-6,9-10,18,21H,7-8,11H2,1H3. The first-order valence-corrected chi connectivity index (χ1v) is 7.30. The topological polar surface area (TPSA) is 71.0 Å². The molecule has 0 aliphatic carbocycles. The zero-order valence-electron chi connectivity index (χ0n) is 12.8. The molecule has 0 atom stereocenters. The summed E-state index contributed by atoms with van der Waals surface area (Å²) in [5, 5.41) is 9.07. The second kappa shape index (κ2) is 6.58. The molecular formula is C17H18N2O4. The third-order valence-electron chi connectivity index (χ3n) is 3.78. The van der Waals surface area contributed by atoms with E-state index in [1.807, 2.05) is 36.4 Å². The summed E-state index contributed by atoms with van der Waals surface area (Å²) >= 11 is 0. The fraction of sp³-hybridized carbons (Fsp3) is 0.235. The van der Waals surface area contributed by atoms with Crippen molar-refractivity contribution < 1.29 is 19.5 Å². The number of carbonyl (C=O) groups is 1. The van der Waals surface area contributed by atoms with Crippen LogP contribution in [0, 0.1) is 0 Å². The Labute approximate surface area is 134 Å². The number of carbonyl (C=O) groups excluding carboxylic acids is 1. The Morgan fingerprint density at radius 2 is 2.17 bits per heavy atom. The lowest BCUT2D eigenvalue weighted by Gasteiger charge is -2.15. The molecule has 1 aliphatic heterocycles. The monoisotopic (exact) mass is 314 g/mol. The minimum Gasteiger partial charge on any atom is -0.496 e. The van der Waals surface area contributed by atoms with Crippen LogP contribution in [0.4, 0.5) is 10.5 Å². The first-order chi connectivity index (χ1) is 11.2. The number of rotatable bonds is 5. The molecule has 0 saturated carbocycles. The van der Waals surface area contributed by atoms with Gasteiger partial charge in [0, 0.05) is 12.1 Å². The molecule has 0 unspecified atom stereocenters. The molecule has 1 aliphatic rings. The third-order valence-corrected chi connectivity index (χ3v) is 3.78. The quantitative estimate of drug-likeness (QED) is 0.830. The maximum absolute atomic E-state index is 11.6. The Morgan fingerprint density at radius 1 is 1.30 bits per heavy atom. The summed E-state index contributed by atoms with van der Waals surface area (Å²) in [4.78, 5) is 13.2. The van der Waals surface area contributed by atoms with E-state index < -0.39 is 0 Å². The van der Waals surface area contributed by atoms with Gasteiger partial charge in [-0.2, -0.15) is 0 Å². The molecule has 1 saturated heterocycles. The lowest BCUT2D eigenvalue weighted by molar-refractivity contribution is 0.157. The van der Waals surface area contributed by atoms with Crippen molar-refractivity contribution >= 4 is 11.8 Å². The van der Waals surface area contributed by atoms with E-state index in [2.05, 4.69) is 5.48 Å². The van der Waals surface area contributed by atoms with Crippen molar-refractivity contribution in [2.45, 2.75) is 6.54 Å². The molecule has 0 aromatic heterocycles. The highest BCUT2D eigenvalue weighted by Crippen LogP contribution is 2.32. The molecule has 6 nitrogen and oxygen atoms in total. The highest BCUT2D eigenvalue weighted by molar-refractivity contribution is 5.74. The van der Waals surface area contributed by atoms with Crippen molar-refractivity contribution in [3.8, 4) is 16.9 Å². The minimum atomic E-state index is -0.283. The lowest BCUT2D eigenvalue weighted by atomic mass is 10.0. The Hall–Kier alpha value is -2.73. The number of amides is 1. The molecule has 1 amide bonds. The van der Waals surface area contributed by atoms with Crippen LogP contribution in [0.15, 0.2) is 42.5 Å². The van der Waals surface area contributed by atoms with Crippen molar-refractivity contribution in [3.05, 3.63) is 48.0 Å². The molecule has 3 rings (SSSR count). The minimum absolute atomic E-state index is 0.283. The number of nitrogens with zero attached hydrogens (tertiary/aromatic N) is 1. The zero-order valence-corrected chi connectivity index (χ0v) is 12.8. The number of benzene rings is 2. The van der Waals surface area contributed by atoms with E-state index in [-0.39, 0.29) is 6.09 Å². The summed E-state index contributed by atoms with van der Waals surface area (Å²) < 4.78 is 10.4. The van der Waals surface area contributed by atoms with Crippen LogP contribution < -0.4 is 10.2 Å². The molecule has 1 heterocycles. The van der Waals surface area contributed by atoms with Gasteiger partial charge in [0.1, 0.15) is 12.4 Å². The molecular weight excluding hydrogens is 296 g/mol. The van der Waals surface area contributed by atoms with Crippen LogP contribution in [0.3, 0.4) is 0 Å². The molecule has 1 fully saturated rings. The van der Waals surface area contributed by atoms with Crippen LogP contribution in [0.25, 0.3) is 11.1 Å². The van der Waals surface area contributed by atoms with Crippen LogP contribution in [0.5, 0.6) is 5.75 Å². The van der Waals surface area contributed by atoms with E-state index >= 15 is 0 Å². The summed E-state index contributed by atoms with van der Waals surface area (Å²) in [7, 11) is 1.62. The van der Waals surface area contributed by atoms with E-state index in [4.69, 9.17) is 14.7 Å². The van der Waals surface area contributed by atoms with Gasteiger partial charge in [-0.05, 0) is 35.4 Å². The maximum Gasteiger partial charge on any atom is 0.410 e. The van der Waals surface area contributed by atoms with Crippen molar-refractivity contribution in [2.75, 3.05) is 25.7 Å². The summed E-state index contributed by atoms with van der Waals surface area (Å²) in [6, 6.07) is 13.2. The first kappa shape index (κ1) is 15.2. The van der Waals surface area contributed by atoms with Crippen LogP contribution in [0.1, 0.15) is 5.56 Å². The van der Waals surface area contributed by atoms with Gasteiger partial charge in [0.25, 0.3) is 0 Å². The van der Waals surface area contributed by atoms with Crippen LogP contribution in [0.2, 0.25) is 0 Å². The SMILES string of the molecule is COc1ccc(CN2CCOC2=O)cc1-c1cccc(NO)c1. The van der Waals surface area contributed by atoms with E-state index in [0.717, 1.165) is 22.4 Å². The van der Waals surface area contributed by atoms with Crippen LogP contribution in [-0.4, -0.2) is 36.5 Å². The molecule has 0 spiro atoms. The normalized spacial score (nSPS) is 13.8. The van der Waals surface area contributed by atoms with Crippen molar-refractivity contribution in [3.63, 3.8) is 0 Å². The molecule has 6 heteroatoms. The fourth-order valence-electron chi connectivity index (χ4n) is 2.63. The van der Waals surface area contributed by atoms with Gasteiger partial charge < -0.3 is 14.4 Å². The highest BCUT2D eigenvalue weighted by Gasteiger charge is 2.22. The smallest absolute Gasteiger partial charge is 0.410 e. The lowest BCUT2D eigenvalue weighted by Crippen LogP contribution is -2.23. The summed E-state index contributed by atoms with van der Waals surface area (Å²) in [5.74, 6) is 0.729. The first-order valence-electron chi connectivity index (χ1n) is 7.30. The number of hydrogen-bond acceptors (Lipinski definition) is 5. The number of nitrogens with one attached hydrogen (secondary N) is 1. The number of methoxy groups -OCH3 is 1. The molecule has 120 valence electrons. The van der Waals surface area contributed by atoms with E-state index in [1.165, 1.54) is 0 Å². The van der Waals surface area contributed by atoms with Gasteiger partial charge >= 0.3 is 6.09 Å². The Bertz CT molecular complexity index is 717. The van der Waals surface area contributed by atoms with Gasteiger partial charge in [-0.15, -0.1) is 0 Å². The van der Waals surface area contributed by atoms with Gasteiger partial charge in [0.2, 0.25) is 0 Å². The van der Waals surface area contributed by atoms with Crippen molar-refractivity contribution in [2.24, 2.45) is 0 Å². The molecule has 0 bridgehead atoms. The molecule has 23 heavy (non-hydrogen) atoms. The summed E-state index contributed by atoms with van der Waals surface area (Å²) in [6.07, 6.45) is -0.283. The van der Waals surface area contributed by atoms with Crippen molar-refractivity contribution in [1.82, 2.24) is 4.90 Å². The molecule has 2 aromatic rings. The maximum atomic E-state index is 11.6. The van der Waals surface area contributed by atoms with E-state index in [0.29, 0.717) is 25.4 Å². The summed E-state index contributed by atoms with van der Waals surface area (Å²) in [6.45, 7) is 1.53. The Balaban J connectivity index is 1.94. The average molecular weight is 314 g/mol. The van der Waals surface area contributed by atoms with Gasteiger partial charge in [-0.1, -0.05) is 18.2 Å². The van der Waals surface area contributed by atoms with Crippen LogP contribution in [-0.2, 0) is 11.3 Å². The van der Waals surface area contributed by atoms with Gasteiger partial charge in [0.05, 0.1) is 19.3 Å². The van der Waals surface area contributed by atoms with E-state index in [9.17, 15) is 4.79 Å². The number of hydrogen-bond donors (Lipinski definition) is 2. The third kappa shape index (κ3) is 3.22. The Morgan fingerprint density at radius 3 is 2.87 bits per heavy atom. The van der Waals surface area contributed by atoms with Gasteiger partial charge in [-0.3, -0.25) is 10.7 Å². The van der Waals surface area contributed by atoms with Gasteiger partial charge in [0.15, 0.2) is 0 Å². The largest absolute Gasteiger partial charge is 0.496 e.